The standard InChI is InChI=1S/C48H82O7S.Na/c1-3-5-7-9-11-13-15-17-19-21-23-25-27-29-31-33-35-37-41-54-47(49)45-40-39-44(56(51,52)53)43-46(45)48(50)55-42-38-36-34-32-30-28-26-24-22-20-18-16-14-12-10-8-6-4-2;/h33-36,39-40,43H,3-32,37-38,41-42H2,1-2H3,(H,51,52,53);/q;+1/p-1/b35-33+,36-34+;. The van der Waals surface area contributed by atoms with Crippen LogP contribution in [0.15, 0.2) is 47.4 Å². The Hall–Kier alpha value is -1.45. The fourth-order valence-corrected chi connectivity index (χ4v) is 7.50. The van der Waals surface area contributed by atoms with E-state index < -0.39 is 27.0 Å². The number of hydrogen-bond donors (Lipinski definition) is 0. The zero-order valence-corrected chi connectivity index (χ0v) is 39.7. The van der Waals surface area contributed by atoms with Gasteiger partial charge in [-0.25, -0.2) is 18.0 Å². The van der Waals surface area contributed by atoms with Gasteiger partial charge in [0.05, 0.1) is 29.2 Å². The number of carbonyl (C=O) groups is 2. The summed E-state index contributed by atoms with van der Waals surface area (Å²) in [5.41, 5.74) is -0.409. The molecule has 0 spiro atoms. The van der Waals surface area contributed by atoms with Crippen molar-refractivity contribution in [3.05, 3.63) is 53.6 Å². The first-order chi connectivity index (χ1) is 27.3. The number of benzene rings is 1. The molecule has 0 heterocycles. The third-order valence-electron chi connectivity index (χ3n) is 10.5. The van der Waals surface area contributed by atoms with Crippen LogP contribution in [-0.4, -0.2) is 38.1 Å². The Morgan fingerprint density at radius 2 is 0.772 bits per heavy atom. The van der Waals surface area contributed by atoms with E-state index in [9.17, 15) is 22.6 Å². The molecule has 9 heteroatoms. The number of ether oxygens (including phenoxy) is 2. The summed E-state index contributed by atoms with van der Waals surface area (Å²) in [4.78, 5) is 25.2. The zero-order chi connectivity index (χ0) is 40.8. The van der Waals surface area contributed by atoms with Crippen LogP contribution in [0.25, 0.3) is 0 Å². The van der Waals surface area contributed by atoms with E-state index in [2.05, 4.69) is 26.0 Å². The molecule has 1 aromatic carbocycles. The molecule has 0 amide bonds. The molecule has 0 saturated carbocycles. The van der Waals surface area contributed by atoms with Crippen LogP contribution in [0.3, 0.4) is 0 Å². The van der Waals surface area contributed by atoms with Crippen LogP contribution >= 0.6 is 0 Å². The van der Waals surface area contributed by atoms with Crippen molar-refractivity contribution in [2.24, 2.45) is 0 Å². The number of allylic oxidation sites excluding steroid dienone is 2. The first-order valence-electron chi connectivity index (χ1n) is 23.0. The molecule has 0 unspecified atom stereocenters. The van der Waals surface area contributed by atoms with Crippen LogP contribution < -0.4 is 29.6 Å². The van der Waals surface area contributed by atoms with Crippen LogP contribution in [0.5, 0.6) is 0 Å². The van der Waals surface area contributed by atoms with Crippen molar-refractivity contribution in [2.45, 2.75) is 224 Å². The second-order valence-electron chi connectivity index (χ2n) is 15.7. The van der Waals surface area contributed by atoms with Gasteiger partial charge in [-0.05, 0) is 56.7 Å². The zero-order valence-electron chi connectivity index (χ0n) is 36.8. The van der Waals surface area contributed by atoms with Gasteiger partial charge >= 0.3 is 41.5 Å². The Morgan fingerprint density at radius 1 is 0.474 bits per heavy atom. The Bertz CT molecular complexity index is 1280. The smallest absolute Gasteiger partial charge is 0.744 e. The van der Waals surface area contributed by atoms with Gasteiger partial charge in [-0.1, -0.05) is 205 Å². The normalized spacial score (nSPS) is 11.7. The van der Waals surface area contributed by atoms with E-state index in [1.807, 2.05) is 12.2 Å². The quantitative estimate of drug-likeness (QED) is 0.0214. The topological polar surface area (TPSA) is 110 Å². The number of esters is 2. The molecule has 0 aliphatic carbocycles. The van der Waals surface area contributed by atoms with Crippen molar-refractivity contribution in [1.29, 1.82) is 0 Å². The van der Waals surface area contributed by atoms with E-state index in [0.29, 0.717) is 12.8 Å². The monoisotopic (exact) mass is 825 g/mol. The SMILES string of the molecule is CCCCCCCCCCCCCCCC/C=C/CCOC(=O)c1ccc(S(=O)(=O)[O-])cc1C(=O)OCC/C=C/CCCCCCCCCCCCCCCC.[Na+]. The van der Waals surface area contributed by atoms with Gasteiger partial charge in [-0.2, -0.15) is 0 Å². The average molecular weight is 825 g/mol. The van der Waals surface area contributed by atoms with Gasteiger partial charge in [0.15, 0.2) is 0 Å². The molecule has 0 atom stereocenters. The molecule has 0 saturated heterocycles. The summed E-state index contributed by atoms with van der Waals surface area (Å²) in [5, 5.41) is 0. The Balaban J connectivity index is 0.0000314. The number of hydrogen-bond acceptors (Lipinski definition) is 7. The fraction of sp³-hybridized carbons (Fsp3) is 0.750. The van der Waals surface area contributed by atoms with Gasteiger partial charge in [0, 0.05) is 0 Å². The summed E-state index contributed by atoms with van der Waals surface area (Å²) in [7, 11) is -4.83. The maximum Gasteiger partial charge on any atom is 1.00 e. The van der Waals surface area contributed by atoms with Gasteiger partial charge in [0.2, 0.25) is 0 Å². The van der Waals surface area contributed by atoms with Gasteiger partial charge in [0.1, 0.15) is 10.1 Å². The van der Waals surface area contributed by atoms with Crippen LogP contribution in [0, 0.1) is 0 Å². The number of carbonyl (C=O) groups excluding carboxylic acids is 2. The minimum absolute atomic E-state index is 0. The summed E-state index contributed by atoms with van der Waals surface area (Å²) < 4.78 is 45.7. The molecule has 57 heavy (non-hydrogen) atoms. The van der Waals surface area contributed by atoms with Gasteiger partial charge < -0.3 is 14.0 Å². The Labute approximate surface area is 372 Å². The second-order valence-corrected chi connectivity index (χ2v) is 17.1. The van der Waals surface area contributed by atoms with E-state index in [4.69, 9.17) is 9.47 Å². The van der Waals surface area contributed by atoms with Crippen LogP contribution in [0.2, 0.25) is 0 Å². The van der Waals surface area contributed by atoms with E-state index >= 15 is 0 Å². The van der Waals surface area contributed by atoms with Crippen molar-refractivity contribution in [2.75, 3.05) is 13.2 Å². The van der Waals surface area contributed by atoms with E-state index in [1.165, 1.54) is 167 Å². The Kier molecular flexibility index (Phi) is 39.0. The molecule has 0 N–H and O–H groups in total. The first kappa shape index (κ1) is 55.5. The molecule has 0 aliphatic heterocycles. The van der Waals surface area contributed by atoms with Crippen molar-refractivity contribution in [3.8, 4) is 0 Å². The summed E-state index contributed by atoms with van der Waals surface area (Å²) >= 11 is 0. The summed E-state index contributed by atoms with van der Waals surface area (Å²) in [5.74, 6) is -1.63. The van der Waals surface area contributed by atoms with Crippen molar-refractivity contribution in [3.63, 3.8) is 0 Å². The number of rotatable bonds is 39. The van der Waals surface area contributed by atoms with Crippen LogP contribution in [0.1, 0.15) is 240 Å². The van der Waals surface area contributed by atoms with Crippen molar-refractivity contribution < 1.29 is 61.6 Å². The molecule has 0 aromatic heterocycles. The van der Waals surface area contributed by atoms with Crippen LogP contribution in [-0.2, 0) is 19.6 Å². The van der Waals surface area contributed by atoms with Gasteiger partial charge in [-0.15, -0.1) is 0 Å². The summed E-state index contributed by atoms with van der Waals surface area (Å²) in [6, 6.07) is 3.07. The molecule has 0 fully saturated rings. The third-order valence-corrected chi connectivity index (χ3v) is 11.4. The number of unbranched alkanes of at least 4 members (excludes halogenated alkanes) is 28. The first-order valence-corrected chi connectivity index (χ1v) is 24.5. The van der Waals surface area contributed by atoms with Crippen molar-refractivity contribution >= 4 is 22.1 Å². The fourth-order valence-electron chi connectivity index (χ4n) is 7.01. The van der Waals surface area contributed by atoms with E-state index in [1.54, 1.807) is 0 Å². The summed E-state index contributed by atoms with van der Waals surface area (Å²) in [6.45, 7) is 4.72. The third kappa shape index (κ3) is 33.0. The molecule has 1 aromatic rings. The molecule has 0 bridgehead atoms. The average Bonchev–Trinajstić information content (AvgIpc) is 3.18. The molecule has 322 valence electrons. The van der Waals surface area contributed by atoms with Gasteiger partial charge in [-0.3, -0.25) is 0 Å². The second kappa shape index (κ2) is 40.0. The summed E-state index contributed by atoms with van der Waals surface area (Å²) in [6.07, 6.45) is 48.5. The van der Waals surface area contributed by atoms with E-state index in [-0.39, 0.29) is 53.9 Å². The molecular formula is C48H81NaO7S. The molecule has 7 nitrogen and oxygen atoms in total. The predicted molar refractivity (Wildman–Crippen MR) is 232 cm³/mol. The minimum Gasteiger partial charge on any atom is -0.744 e. The molecule has 1 rings (SSSR count). The van der Waals surface area contributed by atoms with Crippen LogP contribution in [0.4, 0.5) is 0 Å². The molecule has 0 radical (unpaired) electrons. The molecular weight excluding hydrogens is 744 g/mol. The maximum absolute atomic E-state index is 12.9. The van der Waals surface area contributed by atoms with E-state index in [0.717, 1.165) is 43.9 Å². The van der Waals surface area contributed by atoms with Gasteiger partial charge in [0.25, 0.3) is 0 Å². The largest absolute Gasteiger partial charge is 1.00 e. The van der Waals surface area contributed by atoms with Crippen molar-refractivity contribution in [1.82, 2.24) is 0 Å². The molecule has 0 aliphatic rings. The predicted octanol–water partition coefficient (Wildman–Crippen LogP) is 11.5. The Morgan fingerprint density at radius 3 is 1.11 bits per heavy atom. The minimum atomic E-state index is -4.83. The maximum atomic E-state index is 12.9.